The summed E-state index contributed by atoms with van der Waals surface area (Å²) in [5.41, 5.74) is 7.14. The van der Waals surface area contributed by atoms with Gasteiger partial charge in [0.25, 0.3) is 0 Å². The number of pyridine rings is 1. The minimum absolute atomic E-state index is 0.0918. The number of aliphatic hydroxyl groups is 1. The molecule has 1 aromatic heterocycles. The normalized spacial score (nSPS) is 20.3. The Kier molecular flexibility index (Phi) is 8.21. The summed E-state index contributed by atoms with van der Waals surface area (Å²) in [5.74, 6) is -2.96. The Bertz CT molecular complexity index is 1210. The van der Waals surface area contributed by atoms with Gasteiger partial charge in [-0.25, -0.2) is 9.59 Å². The van der Waals surface area contributed by atoms with E-state index in [0.717, 1.165) is 38.0 Å². The maximum atomic E-state index is 12.7. The third kappa shape index (κ3) is 5.94. The Morgan fingerprint density at radius 2 is 1.83 bits per heavy atom. The molecule has 36 heavy (non-hydrogen) atoms. The van der Waals surface area contributed by atoms with Gasteiger partial charge in [-0.2, -0.15) is 0 Å². The van der Waals surface area contributed by atoms with Crippen molar-refractivity contribution in [1.29, 1.82) is 0 Å². The lowest BCUT2D eigenvalue weighted by Gasteiger charge is -2.37. The summed E-state index contributed by atoms with van der Waals surface area (Å²) in [6.45, 7) is 3.78. The van der Waals surface area contributed by atoms with Gasteiger partial charge in [-0.05, 0) is 37.3 Å². The molecular weight excluding hydrogens is 474 g/mol. The van der Waals surface area contributed by atoms with Crippen LogP contribution in [0.15, 0.2) is 23.1 Å². The van der Waals surface area contributed by atoms with Gasteiger partial charge in [-0.3, -0.25) is 9.59 Å². The number of aliphatic hydroxyl groups excluding tert-OH is 1. The molecule has 0 spiro atoms. The van der Waals surface area contributed by atoms with E-state index in [2.05, 4.69) is 11.8 Å². The van der Waals surface area contributed by atoms with E-state index in [1.807, 2.05) is 10.6 Å². The fraction of sp³-hybridized carbons (Fsp3) is 0.500. The number of aromatic nitrogens is 1. The largest absolute Gasteiger partial charge is 0.492 e. The Balaban J connectivity index is 0.000000345. The first kappa shape index (κ1) is 27.0. The summed E-state index contributed by atoms with van der Waals surface area (Å²) < 4.78 is 7.68. The van der Waals surface area contributed by atoms with E-state index in [1.54, 1.807) is 13.2 Å². The van der Waals surface area contributed by atoms with E-state index in [0.29, 0.717) is 22.6 Å². The molecule has 1 saturated heterocycles. The van der Waals surface area contributed by atoms with Crippen LogP contribution in [-0.4, -0.2) is 75.2 Å². The Labute approximate surface area is 206 Å². The first-order valence-corrected chi connectivity index (χ1v) is 11.6. The van der Waals surface area contributed by atoms with Crippen LogP contribution in [0.25, 0.3) is 10.9 Å². The molecule has 196 valence electrons. The van der Waals surface area contributed by atoms with E-state index in [9.17, 15) is 24.3 Å². The van der Waals surface area contributed by atoms with Crippen molar-refractivity contribution in [3.05, 3.63) is 34.1 Å². The predicted molar refractivity (Wildman–Crippen MR) is 130 cm³/mol. The van der Waals surface area contributed by atoms with Crippen LogP contribution in [0.2, 0.25) is 0 Å². The first-order chi connectivity index (χ1) is 16.9. The number of hydrogen-bond donors (Lipinski definition) is 5. The minimum atomic E-state index is -1.79. The molecule has 3 atom stereocenters. The summed E-state index contributed by atoms with van der Waals surface area (Å²) in [6.07, 6.45) is 1.85. The minimum Gasteiger partial charge on any atom is -0.492 e. The van der Waals surface area contributed by atoms with Crippen LogP contribution in [0.5, 0.6) is 5.75 Å². The highest BCUT2D eigenvalue weighted by atomic mass is 16.5. The second kappa shape index (κ2) is 11.0. The molecule has 2 fully saturated rings. The highest BCUT2D eigenvalue weighted by Crippen LogP contribution is 2.43. The number of carbonyl (C=O) groups is 3. The molecule has 2 aliphatic rings. The fourth-order valence-electron chi connectivity index (χ4n) is 4.50. The predicted octanol–water partition coefficient (Wildman–Crippen LogP) is 1.12. The standard InChI is InChI=1S/C20H25N3O4.C4H6O5/c1-11-7-12(21)9-22(8-11)16-6-5-14-17(19(16)27-2)23(13-3-4-13)10-15(18(14)24)20(25)26;5-2(4(8)9)1-3(6)7/h5-6,10-13H,3-4,7-9,21H2,1-2H3,(H,25,26);2,5H,1H2,(H,6,7)(H,8,9). The molecule has 2 aromatic rings. The number of benzene rings is 1. The number of aliphatic carboxylic acids is 2. The number of anilines is 1. The average Bonchev–Trinajstić information content (AvgIpc) is 3.63. The van der Waals surface area contributed by atoms with Crippen LogP contribution in [0, 0.1) is 5.92 Å². The van der Waals surface area contributed by atoms with Gasteiger partial charge >= 0.3 is 17.9 Å². The van der Waals surface area contributed by atoms with Gasteiger partial charge in [-0.1, -0.05) is 6.92 Å². The van der Waals surface area contributed by atoms with Crippen LogP contribution in [0.4, 0.5) is 5.69 Å². The third-order valence-electron chi connectivity index (χ3n) is 6.19. The highest BCUT2D eigenvalue weighted by molar-refractivity contribution is 5.97. The third-order valence-corrected chi connectivity index (χ3v) is 6.19. The molecule has 1 aromatic carbocycles. The maximum Gasteiger partial charge on any atom is 0.341 e. The van der Waals surface area contributed by atoms with E-state index in [-0.39, 0.29) is 17.6 Å². The van der Waals surface area contributed by atoms with Crippen LogP contribution >= 0.6 is 0 Å². The summed E-state index contributed by atoms with van der Waals surface area (Å²) in [6, 6.07) is 3.88. The molecule has 12 nitrogen and oxygen atoms in total. The van der Waals surface area contributed by atoms with E-state index >= 15 is 0 Å². The SMILES string of the molecule is COc1c(N2CC(C)CC(N)C2)ccc2c(=O)c(C(=O)O)cn(C3CC3)c12.O=C(O)CC(O)C(=O)O. The van der Waals surface area contributed by atoms with Gasteiger partial charge in [0.1, 0.15) is 5.56 Å². The van der Waals surface area contributed by atoms with Crippen molar-refractivity contribution < 1.29 is 39.5 Å². The van der Waals surface area contributed by atoms with Crippen molar-refractivity contribution in [3.63, 3.8) is 0 Å². The summed E-state index contributed by atoms with van der Waals surface area (Å²) in [7, 11) is 1.60. The van der Waals surface area contributed by atoms with Crippen molar-refractivity contribution in [2.75, 3.05) is 25.1 Å². The number of nitrogens with two attached hydrogens (primary N) is 1. The number of fused-ring (bicyclic) bond motifs is 1. The zero-order valence-corrected chi connectivity index (χ0v) is 20.1. The first-order valence-electron chi connectivity index (χ1n) is 11.6. The number of aromatic carboxylic acids is 1. The molecule has 12 heteroatoms. The molecule has 1 aliphatic heterocycles. The molecule has 1 saturated carbocycles. The number of carboxylic acid groups (broad SMARTS) is 3. The van der Waals surface area contributed by atoms with Gasteiger partial charge in [0, 0.05) is 31.4 Å². The van der Waals surface area contributed by atoms with E-state index < -0.39 is 35.9 Å². The Hall–Kier alpha value is -3.64. The topological polar surface area (TPSA) is 193 Å². The lowest BCUT2D eigenvalue weighted by atomic mass is 9.95. The molecule has 1 aliphatic carbocycles. The van der Waals surface area contributed by atoms with Crippen LogP contribution in [-0.2, 0) is 9.59 Å². The number of rotatable bonds is 7. The fourth-order valence-corrected chi connectivity index (χ4v) is 4.50. The number of piperidine rings is 1. The van der Waals surface area contributed by atoms with E-state index in [1.165, 1.54) is 6.20 Å². The average molecular weight is 506 g/mol. The molecule has 6 N–H and O–H groups in total. The van der Waals surface area contributed by atoms with E-state index in [4.69, 9.17) is 25.8 Å². The van der Waals surface area contributed by atoms with Crippen LogP contribution < -0.4 is 20.8 Å². The van der Waals surface area contributed by atoms with Gasteiger partial charge in [-0.15, -0.1) is 0 Å². The van der Waals surface area contributed by atoms with Crippen molar-refractivity contribution in [2.24, 2.45) is 11.7 Å². The Morgan fingerprint density at radius 1 is 1.17 bits per heavy atom. The smallest absolute Gasteiger partial charge is 0.341 e. The summed E-state index contributed by atoms with van der Waals surface area (Å²) in [5, 5.41) is 34.0. The lowest BCUT2D eigenvalue weighted by Crippen LogP contribution is -2.46. The molecule has 3 unspecified atom stereocenters. The molecule has 0 radical (unpaired) electrons. The van der Waals surface area contributed by atoms with Crippen molar-refractivity contribution in [3.8, 4) is 5.75 Å². The second-order valence-corrected chi connectivity index (χ2v) is 9.29. The van der Waals surface area contributed by atoms with Gasteiger partial charge in [0.2, 0.25) is 5.43 Å². The zero-order chi connectivity index (χ0) is 26.7. The molecule has 0 amide bonds. The maximum absolute atomic E-state index is 12.7. The summed E-state index contributed by atoms with van der Waals surface area (Å²) >= 11 is 0. The number of hydrogen-bond acceptors (Lipinski definition) is 8. The number of methoxy groups -OCH3 is 1. The highest BCUT2D eigenvalue weighted by Gasteiger charge is 2.31. The molecule has 4 rings (SSSR count). The quantitative estimate of drug-likeness (QED) is 0.362. The van der Waals surface area contributed by atoms with Crippen LogP contribution in [0.3, 0.4) is 0 Å². The van der Waals surface area contributed by atoms with Gasteiger partial charge < -0.3 is 40.4 Å². The second-order valence-electron chi connectivity index (χ2n) is 9.29. The molecule has 2 heterocycles. The monoisotopic (exact) mass is 505 g/mol. The van der Waals surface area contributed by atoms with Crippen molar-refractivity contribution in [1.82, 2.24) is 4.57 Å². The zero-order valence-electron chi connectivity index (χ0n) is 20.1. The Morgan fingerprint density at radius 3 is 2.31 bits per heavy atom. The lowest BCUT2D eigenvalue weighted by molar-refractivity contribution is -0.152. The number of ether oxygens (including phenoxy) is 1. The number of nitrogens with zero attached hydrogens (tertiary/aromatic N) is 2. The van der Waals surface area contributed by atoms with Gasteiger partial charge in [0.15, 0.2) is 11.9 Å². The molecular formula is C24H31N3O9. The van der Waals surface area contributed by atoms with Crippen molar-refractivity contribution in [2.45, 2.75) is 50.8 Å². The van der Waals surface area contributed by atoms with Crippen LogP contribution in [0.1, 0.15) is 49.0 Å². The molecule has 0 bridgehead atoms. The van der Waals surface area contributed by atoms with Crippen molar-refractivity contribution >= 4 is 34.5 Å². The summed E-state index contributed by atoms with van der Waals surface area (Å²) in [4.78, 5) is 45.9. The number of carboxylic acids is 3. The van der Waals surface area contributed by atoms with Gasteiger partial charge in [0.05, 0.1) is 30.1 Å².